The maximum atomic E-state index is 5.34. The summed E-state index contributed by atoms with van der Waals surface area (Å²) in [4.78, 5) is 10.7. The van der Waals surface area contributed by atoms with Crippen LogP contribution in [0.5, 0.6) is 0 Å². The molecule has 0 unspecified atom stereocenters. The van der Waals surface area contributed by atoms with E-state index in [9.17, 15) is 0 Å². The highest BCUT2D eigenvalue weighted by Crippen LogP contribution is 2.42. The number of para-hydroxylation sites is 3. The molecule has 13 rings (SSSR count). The van der Waals surface area contributed by atoms with E-state index in [0.29, 0.717) is 5.82 Å². The molecule has 2 heterocycles. The molecule has 67 heavy (non-hydrogen) atoms. The Morgan fingerprint density at radius 3 is 1.66 bits per heavy atom. The van der Waals surface area contributed by atoms with Crippen molar-refractivity contribution in [2.75, 3.05) is 0 Å². The zero-order valence-electron chi connectivity index (χ0n) is 36.5. The molecule has 0 aliphatic rings. The lowest BCUT2D eigenvalue weighted by molar-refractivity contribution is 1.18. The molecule has 3 heteroatoms. The van der Waals surface area contributed by atoms with Gasteiger partial charge in [0.1, 0.15) is 0 Å². The Hall–Kier alpha value is -8.92. The molecule has 0 saturated carbocycles. The van der Waals surface area contributed by atoms with E-state index in [1.165, 1.54) is 70.8 Å². The Morgan fingerprint density at radius 2 is 0.851 bits per heavy atom. The lowest BCUT2D eigenvalue weighted by Crippen LogP contribution is -1.97. The summed E-state index contributed by atoms with van der Waals surface area (Å²) in [6, 6.07) is 89.4. The highest BCUT2D eigenvalue weighted by atomic mass is 15.0. The molecule has 2 aromatic heterocycles. The van der Waals surface area contributed by atoms with Crippen LogP contribution >= 0.6 is 0 Å². The van der Waals surface area contributed by atoms with E-state index < -0.39 is 0 Å². The van der Waals surface area contributed by atoms with Gasteiger partial charge in [-0.25, -0.2) is 9.97 Å². The van der Waals surface area contributed by atoms with E-state index in [1.54, 1.807) is 0 Å². The van der Waals surface area contributed by atoms with E-state index in [4.69, 9.17) is 9.97 Å². The van der Waals surface area contributed by atoms with Gasteiger partial charge in [-0.2, -0.15) is 0 Å². The summed E-state index contributed by atoms with van der Waals surface area (Å²) in [6.07, 6.45) is 0. The van der Waals surface area contributed by atoms with Gasteiger partial charge in [0.2, 0.25) is 0 Å². The fourth-order valence-corrected chi connectivity index (χ4v) is 10.2. The molecule has 0 fully saturated rings. The molecule has 0 bridgehead atoms. The molecule has 0 N–H and O–H groups in total. The fraction of sp³-hybridized carbons (Fsp3) is 0. The van der Waals surface area contributed by atoms with Gasteiger partial charge < -0.3 is 4.57 Å². The molecule has 0 aliphatic heterocycles. The van der Waals surface area contributed by atoms with Crippen LogP contribution in [0.15, 0.2) is 249 Å². The second-order valence-corrected chi connectivity index (χ2v) is 17.3. The van der Waals surface area contributed by atoms with Crippen LogP contribution in [-0.4, -0.2) is 14.5 Å². The van der Waals surface area contributed by atoms with Crippen LogP contribution in [0.25, 0.3) is 127 Å². The minimum Gasteiger partial charge on any atom is -0.309 e. The predicted molar refractivity (Wildman–Crippen MR) is 282 cm³/mol. The molecular weight excluding hydrogens is 811 g/mol. The van der Waals surface area contributed by atoms with Crippen LogP contribution in [-0.2, 0) is 0 Å². The summed E-state index contributed by atoms with van der Waals surface area (Å²) in [7, 11) is 0. The molecule has 0 atom stereocenters. The Bertz CT molecular complexity index is 4000. The van der Waals surface area contributed by atoms with Crippen molar-refractivity contribution < 1.29 is 0 Å². The van der Waals surface area contributed by atoms with Crippen LogP contribution in [0.4, 0.5) is 0 Å². The second-order valence-electron chi connectivity index (χ2n) is 17.3. The van der Waals surface area contributed by atoms with Crippen molar-refractivity contribution in [1.82, 2.24) is 14.5 Å². The quantitative estimate of drug-likeness (QED) is 0.118. The van der Waals surface area contributed by atoms with Gasteiger partial charge in [0.05, 0.1) is 22.4 Å². The summed E-state index contributed by atoms with van der Waals surface area (Å²) in [5.74, 6) is 0.680. The molecule has 0 radical (unpaired) electrons. The molecule has 312 valence electrons. The zero-order valence-corrected chi connectivity index (χ0v) is 36.5. The maximum Gasteiger partial charge on any atom is 0.160 e. The van der Waals surface area contributed by atoms with Crippen molar-refractivity contribution in [2.24, 2.45) is 0 Å². The highest BCUT2D eigenvalue weighted by Gasteiger charge is 2.19. The normalized spacial score (nSPS) is 11.6. The molecule has 13 aromatic rings. The average molecular weight is 852 g/mol. The van der Waals surface area contributed by atoms with E-state index in [-0.39, 0.29) is 0 Å². The van der Waals surface area contributed by atoms with Crippen LogP contribution < -0.4 is 0 Å². The molecule has 0 aliphatic carbocycles. The van der Waals surface area contributed by atoms with Crippen LogP contribution in [0.2, 0.25) is 0 Å². The van der Waals surface area contributed by atoms with Crippen molar-refractivity contribution in [3.8, 4) is 73.0 Å². The van der Waals surface area contributed by atoms with Gasteiger partial charge in [-0.3, -0.25) is 0 Å². The first-order valence-electron chi connectivity index (χ1n) is 22.9. The monoisotopic (exact) mass is 851 g/mol. The molecule has 0 spiro atoms. The topological polar surface area (TPSA) is 30.7 Å². The molecule has 0 amide bonds. The van der Waals surface area contributed by atoms with Crippen LogP contribution in [0, 0.1) is 0 Å². The van der Waals surface area contributed by atoms with Gasteiger partial charge in [-0.05, 0) is 96.5 Å². The second kappa shape index (κ2) is 16.0. The average Bonchev–Trinajstić information content (AvgIpc) is 3.75. The Morgan fingerprint density at radius 1 is 0.284 bits per heavy atom. The molecule has 11 aromatic carbocycles. The third-order valence-electron chi connectivity index (χ3n) is 13.4. The van der Waals surface area contributed by atoms with Crippen molar-refractivity contribution in [3.63, 3.8) is 0 Å². The number of nitrogens with zero attached hydrogens (tertiary/aromatic N) is 3. The van der Waals surface area contributed by atoms with E-state index in [1.807, 2.05) is 0 Å². The van der Waals surface area contributed by atoms with Crippen molar-refractivity contribution >= 4 is 54.1 Å². The van der Waals surface area contributed by atoms with E-state index in [2.05, 4.69) is 253 Å². The van der Waals surface area contributed by atoms with Crippen LogP contribution in [0.1, 0.15) is 0 Å². The largest absolute Gasteiger partial charge is 0.309 e. The van der Waals surface area contributed by atoms with Gasteiger partial charge in [0.25, 0.3) is 0 Å². The predicted octanol–water partition coefficient (Wildman–Crippen LogP) is 17.0. The summed E-state index contributed by atoms with van der Waals surface area (Å²) in [5.41, 5.74) is 15.3. The number of benzene rings is 11. The highest BCUT2D eigenvalue weighted by molar-refractivity contribution is 6.20. The summed E-state index contributed by atoms with van der Waals surface area (Å²) in [6.45, 7) is 0. The first-order chi connectivity index (χ1) is 33.2. The Labute approximate surface area is 388 Å². The minimum absolute atomic E-state index is 0.680. The first kappa shape index (κ1) is 38.5. The van der Waals surface area contributed by atoms with Gasteiger partial charge in [-0.15, -0.1) is 0 Å². The third kappa shape index (κ3) is 6.67. The number of aromatic nitrogens is 3. The smallest absolute Gasteiger partial charge is 0.160 e. The van der Waals surface area contributed by atoms with Gasteiger partial charge in [0, 0.05) is 38.7 Å². The number of hydrogen-bond donors (Lipinski definition) is 0. The molecule has 3 nitrogen and oxygen atoms in total. The van der Waals surface area contributed by atoms with E-state index >= 15 is 0 Å². The van der Waals surface area contributed by atoms with Crippen LogP contribution in [0.3, 0.4) is 0 Å². The van der Waals surface area contributed by atoms with Gasteiger partial charge in [-0.1, -0.05) is 212 Å². The first-order valence-corrected chi connectivity index (χ1v) is 22.9. The number of fused-ring (bicyclic) bond motifs is 7. The van der Waals surface area contributed by atoms with Gasteiger partial charge >= 0.3 is 0 Å². The van der Waals surface area contributed by atoms with E-state index in [0.717, 1.165) is 50.5 Å². The number of rotatable bonds is 7. The lowest BCUT2D eigenvalue weighted by atomic mass is 9.89. The Kier molecular flexibility index (Phi) is 9.17. The van der Waals surface area contributed by atoms with Crippen molar-refractivity contribution in [1.29, 1.82) is 0 Å². The number of hydrogen-bond acceptors (Lipinski definition) is 2. The third-order valence-corrected chi connectivity index (χ3v) is 13.4. The molecular formula is C64H41N3. The maximum absolute atomic E-state index is 5.34. The minimum atomic E-state index is 0.680. The fourth-order valence-electron chi connectivity index (χ4n) is 10.2. The zero-order chi connectivity index (χ0) is 44.3. The van der Waals surface area contributed by atoms with Crippen molar-refractivity contribution in [2.45, 2.75) is 0 Å². The summed E-state index contributed by atoms with van der Waals surface area (Å²) in [5, 5.41) is 9.94. The summed E-state index contributed by atoms with van der Waals surface area (Å²) >= 11 is 0. The Balaban J connectivity index is 0.962. The summed E-state index contributed by atoms with van der Waals surface area (Å²) < 4.78 is 2.40. The SMILES string of the molecule is c1ccc(-c2ccc(-c3nc(-c4ccc(-c5c6ccccc6cc6c5ccc5ccccc56)cc4)cc(-c4cccc(-c5cccc6c7ccccc7n(-c7ccccc7)c56)c4)n3)cc2)cc1. The standard InChI is InChI=1S/C64H41N3/c1-3-15-42(16-4-1)43-29-35-47(36-30-43)64-65-59(45-31-33-46(34-32-45)62-53-24-10-8-18-49(53)40-58-52-23-9-7-17-44(52)37-38-56(58)62)41-60(66-64)50-20-13-19-48(39-50)54-26-14-27-57-55-25-11-12-28-61(55)67(63(54)57)51-21-5-2-6-22-51/h1-41H. The lowest BCUT2D eigenvalue weighted by Gasteiger charge is -2.15. The molecule has 0 saturated heterocycles. The van der Waals surface area contributed by atoms with Crippen molar-refractivity contribution in [3.05, 3.63) is 249 Å². The van der Waals surface area contributed by atoms with Gasteiger partial charge in [0.15, 0.2) is 5.82 Å².